The number of H-pyrrole nitrogens is 1. The van der Waals surface area contributed by atoms with Crippen LogP contribution in [-0.4, -0.2) is 15.9 Å². The minimum Gasteiger partial charge on any atom is -0.344 e. The predicted octanol–water partition coefficient (Wildman–Crippen LogP) is 2.32. The van der Waals surface area contributed by atoms with Gasteiger partial charge in [0.15, 0.2) is 0 Å². The van der Waals surface area contributed by atoms with Gasteiger partial charge >= 0.3 is 0 Å². The first kappa shape index (κ1) is 11.3. The molecule has 0 atom stereocenters. The Morgan fingerprint density at radius 2 is 2.11 bits per heavy atom. The first-order valence-corrected chi connectivity index (χ1v) is 6.33. The number of carbonyl (C=O) groups excluding carboxylic acids is 1. The second kappa shape index (κ2) is 3.83. The van der Waals surface area contributed by atoms with Gasteiger partial charge in [0.25, 0.3) is 0 Å². The molecular formula is C14H17N3O. The lowest BCUT2D eigenvalue weighted by atomic mass is 10.0. The van der Waals surface area contributed by atoms with Crippen molar-refractivity contribution in [2.75, 3.05) is 0 Å². The van der Waals surface area contributed by atoms with Crippen molar-refractivity contribution in [3.8, 4) is 0 Å². The summed E-state index contributed by atoms with van der Waals surface area (Å²) in [6, 6.07) is 7.89. The maximum atomic E-state index is 11.9. The molecule has 1 amide bonds. The molecule has 18 heavy (non-hydrogen) atoms. The van der Waals surface area contributed by atoms with Gasteiger partial charge in [-0.2, -0.15) is 0 Å². The Bertz CT molecular complexity index is 563. The fourth-order valence-electron chi connectivity index (χ4n) is 2.06. The van der Waals surface area contributed by atoms with E-state index in [-0.39, 0.29) is 11.8 Å². The molecule has 0 unspecified atom stereocenters. The Kier molecular flexibility index (Phi) is 2.40. The third-order valence-corrected chi connectivity index (χ3v) is 3.37. The van der Waals surface area contributed by atoms with Crippen molar-refractivity contribution in [3.63, 3.8) is 0 Å². The summed E-state index contributed by atoms with van der Waals surface area (Å²) in [7, 11) is 0. The quantitative estimate of drug-likeness (QED) is 0.869. The topological polar surface area (TPSA) is 57.8 Å². The van der Waals surface area contributed by atoms with Crippen molar-refractivity contribution in [3.05, 3.63) is 30.1 Å². The summed E-state index contributed by atoms with van der Waals surface area (Å²) < 4.78 is 0. The maximum Gasteiger partial charge on any atom is 0.223 e. The predicted molar refractivity (Wildman–Crippen MR) is 70.0 cm³/mol. The zero-order valence-electron chi connectivity index (χ0n) is 10.7. The van der Waals surface area contributed by atoms with E-state index in [0.717, 1.165) is 29.7 Å². The highest BCUT2D eigenvalue weighted by molar-refractivity contribution is 5.82. The van der Waals surface area contributed by atoms with Crippen LogP contribution in [0.5, 0.6) is 0 Å². The van der Waals surface area contributed by atoms with E-state index in [2.05, 4.69) is 15.3 Å². The number of aromatic nitrogens is 2. The molecule has 4 heteroatoms. The van der Waals surface area contributed by atoms with Crippen molar-refractivity contribution < 1.29 is 4.79 Å². The smallest absolute Gasteiger partial charge is 0.223 e. The molecule has 0 bridgehead atoms. The first-order chi connectivity index (χ1) is 8.56. The number of nitrogens with zero attached hydrogens (tertiary/aromatic N) is 1. The van der Waals surface area contributed by atoms with Crippen LogP contribution in [0.25, 0.3) is 11.0 Å². The molecule has 1 fully saturated rings. The zero-order chi connectivity index (χ0) is 12.8. The van der Waals surface area contributed by atoms with Crippen LogP contribution in [0, 0.1) is 5.92 Å². The molecule has 4 nitrogen and oxygen atoms in total. The number of hydrogen-bond acceptors (Lipinski definition) is 2. The van der Waals surface area contributed by atoms with E-state index in [1.807, 2.05) is 38.1 Å². The van der Waals surface area contributed by atoms with Gasteiger partial charge < -0.3 is 10.3 Å². The average Bonchev–Trinajstić information content (AvgIpc) is 3.07. The molecule has 1 saturated carbocycles. The van der Waals surface area contributed by atoms with Crippen LogP contribution in [0.2, 0.25) is 0 Å². The molecule has 1 aromatic carbocycles. The second-order valence-electron chi connectivity index (χ2n) is 5.49. The van der Waals surface area contributed by atoms with E-state index in [1.54, 1.807) is 0 Å². The SMILES string of the molecule is CC(C)(NC(=O)C1CC1)c1nc2ccccc2[nH]1. The average molecular weight is 243 g/mol. The Balaban J connectivity index is 1.89. The number of para-hydroxylation sites is 2. The van der Waals surface area contributed by atoms with Gasteiger partial charge in [-0.3, -0.25) is 4.79 Å². The number of rotatable bonds is 3. The summed E-state index contributed by atoms with van der Waals surface area (Å²) in [5.74, 6) is 1.16. The lowest BCUT2D eigenvalue weighted by Gasteiger charge is -2.23. The lowest BCUT2D eigenvalue weighted by molar-refractivity contribution is -0.124. The van der Waals surface area contributed by atoms with Crippen molar-refractivity contribution in [2.45, 2.75) is 32.2 Å². The second-order valence-corrected chi connectivity index (χ2v) is 5.49. The van der Waals surface area contributed by atoms with Gasteiger partial charge in [-0.15, -0.1) is 0 Å². The molecule has 3 rings (SSSR count). The largest absolute Gasteiger partial charge is 0.344 e. The fourth-order valence-corrected chi connectivity index (χ4v) is 2.06. The summed E-state index contributed by atoms with van der Waals surface area (Å²) >= 11 is 0. The van der Waals surface area contributed by atoms with Gasteiger partial charge in [-0.25, -0.2) is 4.98 Å². The maximum absolute atomic E-state index is 11.9. The number of hydrogen-bond donors (Lipinski definition) is 2. The number of amides is 1. The number of benzene rings is 1. The van der Waals surface area contributed by atoms with Gasteiger partial charge in [-0.05, 0) is 38.8 Å². The minimum absolute atomic E-state index is 0.139. The molecule has 0 saturated heterocycles. The number of aromatic amines is 1. The fraction of sp³-hybridized carbons (Fsp3) is 0.429. The molecular weight excluding hydrogens is 226 g/mol. The van der Waals surface area contributed by atoms with E-state index >= 15 is 0 Å². The summed E-state index contributed by atoms with van der Waals surface area (Å²) in [6.07, 6.45) is 2.03. The number of carbonyl (C=O) groups is 1. The van der Waals surface area contributed by atoms with Crippen LogP contribution in [0.3, 0.4) is 0 Å². The van der Waals surface area contributed by atoms with E-state index in [9.17, 15) is 4.79 Å². The molecule has 1 aliphatic rings. The van der Waals surface area contributed by atoms with Crippen molar-refractivity contribution in [1.82, 2.24) is 15.3 Å². The molecule has 0 aliphatic heterocycles. The van der Waals surface area contributed by atoms with Gasteiger partial charge in [0.05, 0.1) is 16.6 Å². The van der Waals surface area contributed by atoms with Crippen LogP contribution in [0.15, 0.2) is 24.3 Å². The highest BCUT2D eigenvalue weighted by Crippen LogP contribution is 2.30. The number of nitrogens with one attached hydrogen (secondary N) is 2. The normalized spacial score (nSPS) is 15.9. The van der Waals surface area contributed by atoms with Crippen LogP contribution in [-0.2, 0) is 10.3 Å². The van der Waals surface area contributed by atoms with Crippen molar-refractivity contribution >= 4 is 16.9 Å². The van der Waals surface area contributed by atoms with E-state index < -0.39 is 5.54 Å². The molecule has 2 N–H and O–H groups in total. The number of fused-ring (bicyclic) bond motifs is 1. The van der Waals surface area contributed by atoms with E-state index in [1.165, 1.54) is 0 Å². The molecule has 0 spiro atoms. The first-order valence-electron chi connectivity index (χ1n) is 6.33. The van der Waals surface area contributed by atoms with Crippen LogP contribution < -0.4 is 5.32 Å². The Morgan fingerprint density at radius 3 is 2.78 bits per heavy atom. The highest BCUT2D eigenvalue weighted by atomic mass is 16.2. The summed E-state index contributed by atoms with van der Waals surface area (Å²) in [5, 5.41) is 3.06. The van der Waals surface area contributed by atoms with Crippen LogP contribution >= 0.6 is 0 Å². The molecule has 1 aliphatic carbocycles. The Hall–Kier alpha value is -1.84. The Morgan fingerprint density at radius 1 is 1.39 bits per heavy atom. The third-order valence-electron chi connectivity index (χ3n) is 3.37. The summed E-state index contributed by atoms with van der Waals surface area (Å²) in [6.45, 7) is 3.95. The summed E-state index contributed by atoms with van der Waals surface area (Å²) in [5.41, 5.74) is 1.47. The highest BCUT2D eigenvalue weighted by Gasteiger charge is 2.34. The van der Waals surface area contributed by atoms with Gasteiger partial charge in [0, 0.05) is 5.92 Å². The van der Waals surface area contributed by atoms with E-state index in [0.29, 0.717) is 0 Å². The van der Waals surface area contributed by atoms with Gasteiger partial charge in [0.1, 0.15) is 5.82 Å². The van der Waals surface area contributed by atoms with Crippen molar-refractivity contribution in [1.29, 1.82) is 0 Å². The number of imidazole rings is 1. The van der Waals surface area contributed by atoms with Crippen molar-refractivity contribution in [2.24, 2.45) is 5.92 Å². The minimum atomic E-state index is -0.460. The summed E-state index contributed by atoms with van der Waals surface area (Å²) in [4.78, 5) is 19.7. The van der Waals surface area contributed by atoms with Crippen LogP contribution in [0.4, 0.5) is 0 Å². The molecule has 0 radical (unpaired) electrons. The van der Waals surface area contributed by atoms with Crippen LogP contribution in [0.1, 0.15) is 32.5 Å². The van der Waals surface area contributed by atoms with Gasteiger partial charge in [-0.1, -0.05) is 12.1 Å². The molecule has 2 aromatic rings. The molecule has 1 aromatic heterocycles. The molecule has 1 heterocycles. The lowest BCUT2D eigenvalue weighted by Crippen LogP contribution is -2.42. The standard InChI is InChI=1S/C14H17N3O/c1-14(2,17-12(18)9-7-8-9)13-15-10-5-3-4-6-11(10)16-13/h3-6,9H,7-8H2,1-2H3,(H,15,16)(H,17,18). The van der Waals surface area contributed by atoms with Gasteiger partial charge in [0.2, 0.25) is 5.91 Å². The monoisotopic (exact) mass is 243 g/mol. The third kappa shape index (κ3) is 1.98. The van der Waals surface area contributed by atoms with E-state index in [4.69, 9.17) is 0 Å². The zero-order valence-corrected chi connectivity index (χ0v) is 10.7. The molecule has 94 valence electrons. The Labute approximate surface area is 106 Å².